The van der Waals surface area contributed by atoms with Crippen LogP contribution < -0.4 is 0 Å². The first-order chi connectivity index (χ1) is 8.15. The molecule has 88 valence electrons. The van der Waals surface area contributed by atoms with Crippen LogP contribution in [0.2, 0.25) is 0 Å². The maximum absolute atomic E-state index is 13.2. The van der Waals surface area contributed by atoms with Crippen LogP contribution in [0.5, 0.6) is 0 Å². The third-order valence-corrected chi connectivity index (χ3v) is 2.95. The van der Waals surface area contributed by atoms with E-state index in [2.05, 4.69) is 4.98 Å². The highest BCUT2D eigenvalue weighted by Crippen LogP contribution is 2.38. The molecule has 0 radical (unpaired) electrons. The zero-order valence-electron chi connectivity index (χ0n) is 9.06. The summed E-state index contributed by atoms with van der Waals surface area (Å²) in [5, 5.41) is 8.85. The maximum atomic E-state index is 13.2. The van der Waals surface area contributed by atoms with Crippen molar-refractivity contribution in [2.75, 3.05) is 0 Å². The van der Waals surface area contributed by atoms with Crippen LogP contribution in [-0.2, 0) is 11.2 Å². The summed E-state index contributed by atoms with van der Waals surface area (Å²) in [5.41, 5.74) is 1.36. The molecule has 0 spiro atoms. The Morgan fingerprint density at radius 1 is 1.53 bits per heavy atom. The van der Waals surface area contributed by atoms with Crippen LogP contribution >= 0.6 is 0 Å². The molecule has 1 N–H and O–H groups in total. The van der Waals surface area contributed by atoms with Crippen LogP contribution in [0, 0.1) is 5.82 Å². The summed E-state index contributed by atoms with van der Waals surface area (Å²) in [6, 6.07) is 4.65. The van der Waals surface area contributed by atoms with Gasteiger partial charge in [-0.15, -0.1) is 0 Å². The summed E-state index contributed by atoms with van der Waals surface area (Å²) in [5.74, 6) is -0.718. The van der Waals surface area contributed by atoms with Gasteiger partial charge in [-0.25, -0.2) is 9.37 Å². The molecule has 0 saturated heterocycles. The number of carbonyl (C=O) groups is 1. The fraction of sp³-hybridized carbons (Fsp3) is 0.333. The number of imidazole rings is 1. The van der Waals surface area contributed by atoms with Crippen molar-refractivity contribution in [2.24, 2.45) is 0 Å². The molecule has 1 aromatic carbocycles. The van der Waals surface area contributed by atoms with E-state index in [0.29, 0.717) is 16.9 Å². The molecule has 2 aromatic rings. The number of rotatable bonds is 3. The maximum Gasteiger partial charge on any atom is 0.311 e. The van der Waals surface area contributed by atoms with Gasteiger partial charge >= 0.3 is 5.97 Å². The number of nitrogens with zero attached hydrogens (tertiary/aromatic N) is 2. The second kappa shape index (κ2) is 3.55. The van der Waals surface area contributed by atoms with Gasteiger partial charge in [-0.2, -0.15) is 0 Å². The first kappa shape index (κ1) is 10.3. The van der Waals surface area contributed by atoms with Crippen LogP contribution in [-0.4, -0.2) is 20.6 Å². The highest BCUT2D eigenvalue weighted by Gasteiger charge is 2.28. The number of carboxylic acids is 1. The number of carboxylic acid groups (broad SMARTS) is 1. The predicted octanol–water partition coefficient (Wildman–Crippen LogP) is 2.14. The summed E-state index contributed by atoms with van der Waals surface area (Å²) in [4.78, 5) is 15.1. The summed E-state index contributed by atoms with van der Waals surface area (Å²) >= 11 is 0. The molecular formula is C12H11FN2O2. The summed E-state index contributed by atoms with van der Waals surface area (Å²) in [6.45, 7) is 0. The molecule has 0 amide bonds. The number of hydrogen-bond donors (Lipinski definition) is 1. The van der Waals surface area contributed by atoms with E-state index < -0.39 is 5.97 Å². The van der Waals surface area contributed by atoms with E-state index in [4.69, 9.17) is 5.11 Å². The standard InChI is InChI=1S/C12H11FN2O2/c13-7-1-4-9-10(5-7)15(8-2-3-8)11(14-9)6-12(16)17/h1,4-5,8H,2-3,6H2,(H,16,17). The van der Waals surface area contributed by atoms with E-state index in [1.54, 1.807) is 6.07 Å². The molecule has 0 unspecified atom stereocenters. The molecule has 0 aliphatic heterocycles. The Kier molecular flexibility index (Phi) is 2.14. The van der Waals surface area contributed by atoms with Gasteiger partial charge in [-0.1, -0.05) is 0 Å². The number of fused-ring (bicyclic) bond motifs is 1. The lowest BCUT2D eigenvalue weighted by Crippen LogP contribution is -2.08. The van der Waals surface area contributed by atoms with Gasteiger partial charge in [0, 0.05) is 6.04 Å². The molecule has 3 rings (SSSR count). The smallest absolute Gasteiger partial charge is 0.311 e. The molecule has 1 aliphatic rings. The molecule has 5 heteroatoms. The van der Waals surface area contributed by atoms with Crippen molar-refractivity contribution in [1.29, 1.82) is 0 Å². The molecule has 0 bridgehead atoms. The minimum Gasteiger partial charge on any atom is -0.481 e. The van der Waals surface area contributed by atoms with E-state index in [1.165, 1.54) is 12.1 Å². The zero-order valence-corrected chi connectivity index (χ0v) is 9.06. The van der Waals surface area contributed by atoms with Crippen molar-refractivity contribution in [3.8, 4) is 0 Å². The van der Waals surface area contributed by atoms with Crippen LogP contribution in [0.4, 0.5) is 4.39 Å². The highest BCUT2D eigenvalue weighted by molar-refractivity contribution is 5.78. The fourth-order valence-electron chi connectivity index (χ4n) is 2.12. The molecule has 1 aliphatic carbocycles. The fourth-order valence-corrected chi connectivity index (χ4v) is 2.12. The number of hydrogen-bond acceptors (Lipinski definition) is 2. The Morgan fingerprint density at radius 2 is 2.29 bits per heavy atom. The Bertz CT molecular complexity index is 602. The number of benzene rings is 1. The van der Waals surface area contributed by atoms with Gasteiger partial charge in [-0.3, -0.25) is 4.79 Å². The predicted molar refractivity (Wildman–Crippen MR) is 59.3 cm³/mol. The van der Waals surface area contributed by atoms with Gasteiger partial charge in [-0.05, 0) is 31.0 Å². The van der Waals surface area contributed by atoms with E-state index in [0.717, 1.165) is 12.8 Å². The van der Waals surface area contributed by atoms with Crippen LogP contribution in [0.15, 0.2) is 18.2 Å². The Labute approximate surface area is 96.7 Å². The van der Waals surface area contributed by atoms with Gasteiger partial charge in [0.25, 0.3) is 0 Å². The first-order valence-corrected chi connectivity index (χ1v) is 5.53. The lowest BCUT2D eigenvalue weighted by molar-refractivity contribution is -0.136. The van der Waals surface area contributed by atoms with E-state index in [1.807, 2.05) is 4.57 Å². The Hall–Kier alpha value is -1.91. The highest BCUT2D eigenvalue weighted by atomic mass is 19.1. The second-order valence-electron chi connectivity index (χ2n) is 4.33. The third kappa shape index (κ3) is 1.77. The van der Waals surface area contributed by atoms with Crippen molar-refractivity contribution < 1.29 is 14.3 Å². The number of halogens is 1. The minimum atomic E-state index is -0.914. The summed E-state index contributed by atoms with van der Waals surface area (Å²) < 4.78 is 15.1. The van der Waals surface area contributed by atoms with Crippen molar-refractivity contribution in [3.05, 3.63) is 29.8 Å². The Morgan fingerprint density at radius 3 is 2.94 bits per heavy atom. The molecule has 1 heterocycles. The SMILES string of the molecule is O=C(O)Cc1nc2ccc(F)cc2n1C1CC1. The topological polar surface area (TPSA) is 55.1 Å². The van der Waals surface area contributed by atoms with Gasteiger partial charge in [0.15, 0.2) is 0 Å². The van der Waals surface area contributed by atoms with Crippen LogP contribution in [0.25, 0.3) is 11.0 Å². The van der Waals surface area contributed by atoms with E-state index in [-0.39, 0.29) is 18.3 Å². The van der Waals surface area contributed by atoms with Crippen molar-refractivity contribution in [3.63, 3.8) is 0 Å². The molecule has 17 heavy (non-hydrogen) atoms. The van der Waals surface area contributed by atoms with Gasteiger partial charge in [0.05, 0.1) is 11.0 Å². The summed E-state index contributed by atoms with van der Waals surface area (Å²) in [7, 11) is 0. The average molecular weight is 234 g/mol. The van der Waals surface area contributed by atoms with E-state index in [9.17, 15) is 9.18 Å². The van der Waals surface area contributed by atoms with Gasteiger partial charge in [0.2, 0.25) is 0 Å². The van der Waals surface area contributed by atoms with Gasteiger partial charge in [0.1, 0.15) is 18.1 Å². The average Bonchev–Trinajstić information content (AvgIpc) is 3.01. The largest absolute Gasteiger partial charge is 0.481 e. The summed E-state index contributed by atoms with van der Waals surface area (Å²) in [6.07, 6.45) is 1.90. The second-order valence-corrected chi connectivity index (χ2v) is 4.33. The van der Waals surface area contributed by atoms with Crippen LogP contribution in [0.3, 0.4) is 0 Å². The molecule has 4 nitrogen and oxygen atoms in total. The molecule has 1 aromatic heterocycles. The molecule has 0 atom stereocenters. The first-order valence-electron chi connectivity index (χ1n) is 5.53. The molecular weight excluding hydrogens is 223 g/mol. The van der Waals surface area contributed by atoms with E-state index >= 15 is 0 Å². The number of aromatic nitrogens is 2. The van der Waals surface area contributed by atoms with Crippen molar-refractivity contribution >= 4 is 17.0 Å². The molecule has 1 saturated carbocycles. The lowest BCUT2D eigenvalue weighted by Gasteiger charge is -2.05. The minimum absolute atomic E-state index is 0.118. The Balaban J connectivity index is 2.20. The van der Waals surface area contributed by atoms with Crippen molar-refractivity contribution in [1.82, 2.24) is 9.55 Å². The van der Waals surface area contributed by atoms with Crippen molar-refractivity contribution in [2.45, 2.75) is 25.3 Å². The number of aliphatic carboxylic acids is 1. The quantitative estimate of drug-likeness (QED) is 0.885. The lowest BCUT2D eigenvalue weighted by atomic mass is 10.3. The molecule has 1 fully saturated rings. The van der Waals surface area contributed by atoms with Gasteiger partial charge < -0.3 is 9.67 Å². The zero-order chi connectivity index (χ0) is 12.0. The third-order valence-electron chi connectivity index (χ3n) is 2.95. The van der Waals surface area contributed by atoms with Crippen LogP contribution in [0.1, 0.15) is 24.7 Å². The monoisotopic (exact) mass is 234 g/mol. The normalized spacial score (nSPS) is 15.4.